The van der Waals surface area contributed by atoms with Gasteiger partial charge in [-0.25, -0.2) is 0 Å². The molecule has 0 N–H and O–H groups in total. The van der Waals surface area contributed by atoms with Crippen molar-refractivity contribution in [2.45, 2.75) is 82.8 Å². The largest absolute Gasteiger partial charge is 0.466 e. The molecular weight excluding hydrogens is 228 g/mol. The van der Waals surface area contributed by atoms with Crippen LogP contribution in [0.1, 0.15) is 70.6 Å². The first-order valence-corrected chi connectivity index (χ1v) is 7.67. The van der Waals surface area contributed by atoms with E-state index < -0.39 is 0 Å². The van der Waals surface area contributed by atoms with E-state index in [2.05, 4.69) is 0 Å². The molecule has 18 heavy (non-hydrogen) atoms. The second-order valence-electron chi connectivity index (χ2n) is 5.59. The van der Waals surface area contributed by atoms with Gasteiger partial charge in [0.2, 0.25) is 0 Å². The van der Waals surface area contributed by atoms with Gasteiger partial charge in [0.25, 0.3) is 0 Å². The van der Waals surface area contributed by atoms with E-state index in [1.807, 2.05) is 0 Å². The molecule has 0 spiro atoms. The maximum Gasteiger partial charge on any atom is 0.305 e. The van der Waals surface area contributed by atoms with Gasteiger partial charge in [0.15, 0.2) is 0 Å². The van der Waals surface area contributed by atoms with Crippen LogP contribution in [0.4, 0.5) is 0 Å². The lowest BCUT2D eigenvalue weighted by atomic mass is 10.0. The molecule has 2 rings (SSSR count). The van der Waals surface area contributed by atoms with Crippen LogP contribution in [0.25, 0.3) is 0 Å². The fourth-order valence-corrected chi connectivity index (χ4v) is 2.72. The van der Waals surface area contributed by atoms with Crippen LogP contribution >= 0.6 is 0 Å². The molecule has 0 amide bonds. The Kier molecular flexibility index (Phi) is 5.98. The lowest BCUT2D eigenvalue weighted by Gasteiger charge is -2.05. The molecule has 2 atom stereocenters. The van der Waals surface area contributed by atoms with E-state index in [9.17, 15) is 4.79 Å². The first kappa shape index (κ1) is 13.9. The van der Waals surface area contributed by atoms with Gasteiger partial charge in [-0.05, 0) is 12.8 Å². The van der Waals surface area contributed by atoms with Crippen LogP contribution in [0.2, 0.25) is 0 Å². The van der Waals surface area contributed by atoms with E-state index in [0.717, 1.165) is 12.8 Å². The minimum absolute atomic E-state index is 0.0284. The highest BCUT2D eigenvalue weighted by Gasteiger charge is 2.37. The van der Waals surface area contributed by atoms with Gasteiger partial charge < -0.3 is 9.47 Å². The highest BCUT2D eigenvalue weighted by molar-refractivity contribution is 5.69. The molecular formula is C15H26O3. The third-order valence-corrected chi connectivity index (χ3v) is 3.97. The van der Waals surface area contributed by atoms with Gasteiger partial charge in [-0.15, -0.1) is 0 Å². The number of hydrogen-bond donors (Lipinski definition) is 0. The molecule has 0 bridgehead atoms. The van der Waals surface area contributed by atoms with Crippen molar-refractivity contribution in [1.29, 1.82) is 0 Å². The number of epoxide rings is 1. The van der Waals surface area contributed by atoms with Gasteiger partial charge in [-0.3, -0.25) is 4.79 Å². The summed E-state index contributed by atoms with van der Waals surface area (Å²) < 4.78 is 10.8. The van der Waals surface area contributed by atoms with Crippen molar-refractivity contribution in [3.63, 3.8) is 0 Å². The predicted octanol–water partition coefficient (Wildman–Crippen LogP) is 3.60. The fraction of sp³-hybridized carbons (Fsp3) is 0.933. The minimum Gasteiger partial charge on any atom is -0.466 e. The standard InChI is InChI=1S/C15H26O3/c16-15-10-8-6-4-2-1-3-5-7-9-13-14(18-13)11-12-17-15/h13-14H,1-12H2. The van der Waals surface area contributed by atoms with E-state index in [0.29, 0.717) is 25.2 Å². The third-order valence-electron chi connectivity index (χ3n) is 3.97. The molecule has 2 saturated heterocycles. The average molecular weight is 254 g/mol. The molecule has 2 aliphatic heterocycles. The van der Waals surface area contributed by atoms with Crippen molar-refractivity contribution in [2.75, 3.05) is 6.61 Å². The Bertz CT molecular complexity index is 252. The maximum atomic E-state index is 11.4. The van der Waals surface area contributed by atoms with Gasteiger partial charge in [0.05, 0.1) is 18.8 Å². The van der Waals surface area contributed by atoms with Crippen molar-refractivity contribution in [1.82, 2.24) is 0 Å². The zero-order valence-corrected chi connectivity index (χ0v) is 11.4. The quantitative estimate of drug-likeness (QED) is 0.489. The van der Waals surface area contributed by atoms with E-state index in [4.69, 9.17) is 9.47 Å². The summed E-state index contributed by atoms with van der Waals surface area (Å²) >= 11 is 0. The van der Waals surface area contributed by atoms with Gasteiger partial charge in [0, 0.05) is 12.8 Å². The van der Waals surface area contributed by atoms with Crippen LogP contribution in [0, 0.1) is 0 Å². The van der Waals surface area contributed by atoms with Gasteiger partial charge >= 0.3 is 5.97 Å². The molecule has 3 heteroatoms. The smallest absolute Gasteiger partial charge is 0.305 e. The second-order valence-corrected chi connectivity index (χ2v) is 5.59. The number of cyclic esters (lactones) is 1. The molecule has 2 unspecified atom stereocenters. The molecule has 0 saturated carbocycles. The average Bonchev–Trinajstić information content (AvgIpc) is 3.09. The SMILES string of the molecule is O=C1CCCCCCCCCCC2OC2CCO1. The van der Waals surface area contributed by atoms with E-state index >= 15 is 0 Å². The molecule has 2 aliphatic rings. The summed E-state index contributed by atoms with van der Waals surface area (Å²) in [6.07, 6.45) is 13.6. The number of carbonyl (C=O) groups is 1. The Morgan fingerprint density at radius 3 is 2.17 bits per heavy atom. The molecule has 0 aromatic rings. The fourth-order valence-electron chi connectivity index (χ4n) is 2.72. The Morgan fingerprint density at radius 1 is 0.778 bits per heavy atom. The van der Waals surface area contributed by atoms with Crippen molar-refractivity contribution in [2.24, 2.45) is 0 Å². The van der Waals surface area contributed by atoms with Gasteiger partial charge in [0.1, 0.15) is 0 Å². The summed E-state index contributed by atoms with van der Waals surface area (Å²) in [5.74, 6) is -0.0284. The molecule has 104 valence electrons. The summed E-state index contributed by atoms with van der Waals surface area (Å²) in [6, 6.07) is 0. The van der Waals surface area contributed by atoms with Crippen LogP contribution in [-0.4, -0.2) is 24.8 Å². The van der Waals surface area contributed by atoms with Crippen molar-refractivity contribution < 1.29 is 14.3 Å². The highest BCUT2D eigenvalue weighted by atomic mass is 16.6. The molecule has 0 aromatic heterocycles. The van der Waals surface area contributed by atoms with E-state index in [1.54, 1.807) is 0 Å². The van der Waals surface area contributed by atoms with Gasteiger partial charge in [-0.1, -0.05) is 44.9 Å². The van der Waals surface area contributed by atoms with Crippen molar-refractivity contribution >= 4 is 5.97 Å². The Hall–Kier alpha value is -0.570. The number of carbonyl (C=O) groups excluding carboxylic acids is 1. The molecule has 0 aliphatic carbocycles. The summed E-state index contributed by atoms with van der Waals surface area (Å²) in [7, 11) is 0. The first-order valence-electron chi connectivity index (χ1n) is 7.67. The summed E-state index contributed by atoms with van der Waals surface area (Å²) in [5, 5.41) is 0. The number of rotatable bonds is 0. The second kappa shape index (κ2) is 7.78. The Balaban J connectivity index is 1.65. The third kappa shape index (κ3) is 5.38. The summed E-state index contributed by atoms with van der Waals surface area (Å²) in [6.45, 7) is 0.542. The lowest BCUT2D eigenvalue weighted by molar-refractivity contribution is -0.143. The number of fused-ring (bicyclic) bond motifs is 1. The lowest BCUT2D eigenvalue weighted by Crippen LogP contribution is -2.08. The Morgan fingerprint density at radius 2 is 1.39 bits per heavy atom. The van der Waals surface area contributed by atoms with Gasteiger partial charge in [-0.2, -0.15) is 0 Å². The van der Waals surface area contributed by atoms with Crippen molar-refractivity contribution in [3.05, 3.63) is 0 Å². The molecule has 0 radical (unpaired) electrons. The summed E-state index contributed by atoms with van der Waals surface area (Å²) in [4.78, 5) is 11.4. The van der Waals surface area contributed by atoms with Crippen LogP contribution < -0.4 is 0 Å². The molecule has 2 heterocycles. The topological polar surface area (TPSA) is 38.8 Å². The van der Waals surface area contributed by atoms with E-state index in [1.165, 1.54) is 51.4 Å². The van der Waals surface area contributed by atoms with E-state index in [-0.39, 0.29) is 5.97 Å². The summed E-state index contributed by atoms with van der Waals surface area (Å²) in [5.41, 5.74) is 0. The normalized spacial score (nSPS) is 32.3. The Labute approximate surface area is 110 Å². The van der Waals surface area contributed by atoms with Crippen LogP contribution in [0.15, 0.2) is 0 Å². The van der Waals surface area contributed by atoms with Crippen LogP contribution in [0.5, 0.6) is 0 Å². The van der Waals surface area contributed by atoms with Crippen LogP contribution in [-0.2, 0) is 14.3 Å². The number of hydrogen-bond acceptors (Lipinski definition) is 3. The molecule has 0 aromatic carbocycles. The maximum absolute atomic E-state index is 11.4. The van der Waals surface area contributed by atoms with Crippen LogP contribution in [0.3, 0.4) is 0 Å². The molecule has 3 nitrogen and oxygen atoms in total. The zero-order chi connectivity index (χ0) is 12.6. The number of ether oxygens (including phenoxy) is 2. The monoisotopic (exact) mass is 254 g/mol. The van der Waals surface area contributed by atoms with Crippen molar-refractivity contribution in [3.8, 4) is 0 Å². The zero-order valence-electron chi connectivity index (χ0n) is 11.4. The predicted molar refractivity (Wildman–Crippen MR) is 70.4 cm³/mol. The minimum atomic E-state index is -0.0284. The first-order chi connectivity index (χ1) is 8.86. The number of esters is 1. The highest BCUT2D eigenvalue weighted by Crippen LogP contribution is 2.30. The molecule has 2 fully saturated rings.